The van der Waals surface area contributed by atoms with Crippen LogP contribution < -0.4 is 15.4 Å². The second-order valence-corrected chi connectivity index (χ2v) is 8.68. The van der Waals surface area contributed by atoms with Crippen molar-refractivity contribution in [2.45, 2.75) is 17.9 Å². The fraction of sp³-hybridized carbons (Fsp3) is 0.0870. The van der Waals surface area contributed by atoms with E-state index in [2.05, 4.69) is 15.4 Å². The van der Waals surface area contributed by atoms with E-state index >= 15 is 0 Å². The minimum Gasteiger partial charge on any atom is -0.449 e. The zero-order valence-electron chi connectivity index (χ0n) is 17.8. The third-order valence-corrected chi connectivity index (χ3v) is 5.78. The van der Waals surface area contributed by atoms with E-state index in [0.29, 0.717) is 5.69 Å². The molecule has 3 N–H and O–H groups in total. The Balaban J connectivity index is 1.62. The first-order valence-corrected chi connectivity index (χ1v) is 11.4. The van der Waals surface area contributed by atoms with Gasteiger partial charge < -0.3 is 10.1 Å². The van der Waals surface area contributed by atoms with Crippen molar-refractivity contribution < 1.29 is 31.9 Å². The Morgan fingerprint density at radius 1 is 0.882 bits per heavy atom. The molecule has 3 aromatic rings. The van der Waals surface area contributed by atoms with E-state index in [1.807, 2.05) is 0 Å². The summed E-state index contributed by atoms with van der Waals surface area (Å²) in [6, 6.07) is 17.3. The fourth-order valence-corrected chi connectivity index (χ4v) is 3.81. The molecule has 0 fully saturated rings. The number of amides is 3. The number of imide groups is 1. The van der Waals surface area contributed by atoms with Gasteiger partial charge >= 0.3 is 12.0 Å². The summed E-state index contributed by atoms with van der Waals surface area (Å²) in [5.41, 5.74) is 0.466. The Morgan fingerprint density at radius 2 is 1.56 bits per heavy atom. The lowest BCUT2D eigenvalue weighted by atomic mass is 10.2. The van der Waals surface area contributed by atoms with Gasteiger partial charge in [-0.3, -0.25) is 14.8 Å². The molecule has 0 aliphatic heterocycles. The van der Waals surface area contributed by atoms with Crippen LogP contribution in [0.25, 0.3) is 0 Å². The molecule has 3 rings (SSSR count). The second kappa shape index (κ2) is 10.6. The summed E-state index contributed by atoms with van der Waals surface area (Å²) in [7, 11) is -4.09. The summed E-state index contributed by atoms with van der Waals surface area (Å²) in [4.78, 5) is 36.3. The average Bonchev–Trinajstić information content (AvgIpc) is 2.81. The Bertz CT molecular complexity index is 1300. The smallest absolute Gasteiger partial charge is 0.338 e. The van der Waals surface area contributed by atoms with Crippen LogP contribution in [0.15, 0.2) is 83.8 Å². The summed E-state index contributed by atoms with van der Waals surface area (Å²) in [5, 5.41) is 4.51. The number of anilines is 2. The molecule has 34 heavy (non-hydrogen) atoms. The second-order valence-electron chi connectivity index (χ2n) is 7.00. The maximum absolute atomic E-state index is 13.0. The number of urea groups is 1. The number of carbonyl (C=O) groups is 3. The number of carbonyl (C=O) groups excluding carboxylic acids is 3. The zero-order valence-corrected chi connectivity index (χ0v) is 18.6. The number of halogens is 1. The summed E-state index contributed by atoms with van der Waals surface area (Å²) in [5.74, 6) is -2.36. The van der Waals surface area contributed by atoms with E-state index in [9.17, 15) is 27.2 Å². The first kappa shape index (κ1) is 24.4. The van der Waals surface area contributed by atoms with E-state index in [1.54, 1.807) is 30.3 Å². The fourth-order valence-electron chi connectivity index (χ4n) is 2.70. The molecular weight excluding hydrogens is 465 g/mol. The van der Waals surface area contributed by atoms with Crippen LogP contribution in [0.4, 0.5) is 20.6 Å². The number of para-hydroxylation sites is 1. The first-order chi connectivity index (χ1) is 16.1. The van der Waals surface area contributed by atoms with Gasteiger partial charge in [-0.25, -0.2) is 22.4 Å². The topological polar surface area (TPSA) is 131 Å². The van der Waals surface area contributed by atoms with E-state index in [0.717, 1.165) is 18.2 Å². The van der Waals surface area contributed by atoms with Crippen LogP contribution in [0.2, 0.25) is 0 Å². The van der Waals surface area contributed by atoms with Crippen LogP contribution in [0.1, 0.15) is 17.3 Å². The largest absolute Gasteiger partial charge is 0.449 e. The van der Waals surface area contributed by atoms with Crippen molar-refractivity contribution in [3.63, 3.8) is 0 Å². The minimum atomic E-state index is -4.09. The molecule has 0 spiro atoms. The average molecular weight is 485 g/mol. The number of esters is 1. The van der Waals surface area contributed by atoms with Crippen molar-refractivity contribution in [1.29, 1.82) is 0 Å². The monoisotopic (exact) mass is 485 g/mol. The SMILES string of the molecule is CC(OC(=O)c1cccc(S(=O)(=O)Nc2ccc(F)cc2)c1)C(=O)NC(=O)Nc1ccccc1. The van der Waals surface area contributed by atoms with Crippen LogP contribution in [-0.4, -0.2) is 32.4 Å². The Morgan fingerprint density at radius 3 is 2.24 bits per heavy atom. The molecule has 1 atom stereocenters. The lowest BCUT2D eigenvalue weighted by molar-refractivity contribution is -0.127. The number of hydrogen-bond donors (Lipinski definition) is 3. The van der Waals surface area contributed by atoms with Gasteiger partial charge in [-0.05, 0) is 61.5 Å². The lowest BCUT2D eigenvalue weighted by Gasteiger charge is -2.14. The van der Waals surface area contributed by atoms with Gasteiger partial charge in [0.2, 0.25) is 0 Å². The molecule has 0 aromatic heterocycles. The number of rotatable bonds is 7. The number of sulfonamides is 1. The van der Waals surface area contributed by atoms with Crippen molar-refractivity contribution in [2.75, 3.05) is 10.0 Å². The van der Waals surface area contributed by atoms with Crippen molar-refractivity contribution in [3.8, 4) is 0 Å². The Labute approximate surface area is 195 Å². The third-order valence-electron chi connectivity index (χ3n) is 4.40. The highest BCUT2D eigenvalue weighted by Crippen LogP contribution is 2.18. The van der Waals surface area contributed by atoms with Crippen LogP contribution in [-0.2, 0) is 19.6 Å². The molecule has 9 nitrogen and oxygen atoms in total. The molecule has 1 unspecified atom stereocenters. The maximum Gasteiger partial charge on any atom is 0.338 e. The van der Waals surface area contributed by atoms with Crippen molar-refractivity contribution in [1.82, 2.24) is 5.32 Å². The first-order valence-electron chi connectivity index (χ1n) is 9.90. The van der Waals surface area contributed by atoms with Gasteiger partial charge in [0.25, 0.3) is 15.9 Å². The van der Waals surface area contributed by atoms with Gasteiger partial charge in [-0.15, -0.1) is 0 Å². The number of nitrogens with one attached hydrogen (secondary N) is 3. The summed E-state index contributed by atoms with van der Waals surface area (Å²) in [6.07, 6.45) is -1.34. The van der Waals surface area contributed by atoms with Crippen molar-refractivity contribution in [3.05, 3.63) is 90.2 Å². The van der Waals surface area contributed by atoms with E-state index < -0.39 is 39.9 Å². The molecule has 0 saturated heterocycles. The Kier molecular flexibility index (Phi) is 7.59. The highest BCUT2D eigenvalue weighted by atomic mass is 32.2. The molecule has 176 valence electrons. The molecule has 0 bridgehead atoms. The van der Waals surface area contributed by atoms with Gasteiger partial charge in [0.1, 0.15) is 5.82 Å². The quantitative estimate of drug-likeness (QED) is 0.439. The summed E-state index contributed by atoms with van der Waals surface area (Å²) in [6.45, 7) is 1.26. The van der Waals surface area contributed by atoms with Crippen molar-refractivity contribution in [2.24, 2.45) is 0 Å². The predicted molar refractivity (Wildman–Crippen MR) is 122 cm³/mol. The standard InChI is InChI=1S/C23H20FN3O6S/c1-15(21(28)26-23(30)25-18-7-3-2-4-8-18)33-22(29)16-6-5-9-20(14-16)34(31,32)27-19-12-10-17(24)11-13-19/h2-15,27H,1H3,(H2,25,26,28,30). The predicted octanol–water partition coefficient (Wildman–Crippen LogP) is 3.52. The molecule has 0 saturated carbocycles. The molecule has 0 aliphatic carbocycles. The molecule has 11 heteroatoms. The number of hydrogen-bond acceptors (Lipinski definition) is 6. The van der Waals surface area contributed by atoms with Crippen LogP contribution in [0, 0.1) is 5.82 Å². The van der Waals surface area contributed by atoms with Gasteiger partial charge in [-0.2, -0.15) is 0 Å². The van der Waals surface area contributed by atoms with E-state index in [1.165, 1.54) is 37.3 Å². The molecule has 0 heterocycles. The minimum absolute atomic E-state index is 0.129. The van der Waals surface area contributed by atoms with Gasteiger partial charge in [0.15, 0.2) is 6.10 Å². The van der Waals surface area contributed by atoms with Gasteiger partial charge in [-0.1, -0.05) is 24.3 Å². The molecular formula is C23H20FN3O6S. The Hall–Kier alpha value is -4.25. The van der Waals surface area contributed by atoms with Gasteiger partial charge in [0.05, 0.1) is 10.5 Å². The lowest BCUT2D eigenvalue weighted by Crippen LogP contribution is -2.41. The normalized spacial score (nSPS) is 11.7. The summed E-state index contributed by atoms with van der Waals surface area (Å²) >= 11 is 0. The number of benzene rings is 3. The van der Waals surface area contributed by atoms with Crippen LogP contribution >= 0.6 is 0 Å². The number of ether oxygens (including phenoxy) is 1. The van der Waals surface area contributed by atoms with Gasteiger partial charge in [0, 0.05) is 11.4 Å². The highest BCUT2D eigenvalue weighted by Gasteiger charge is 2.22. The molecule has 3 aromatic carbocycles. The molecule has 0 radical (unpaired) electrons. The molecule has 3 amide bonds. The summed E-state index contributed by atoms with van der Waals surface area (Å²) < 4.78 is 45.6. The third kappa shape index (κ3) is 6.62. The van der Waals surface area contributed by atoms with Crippen LogP contribution in [0.5, 0.6) is 0 Å². The molecule has 0 aliphatic rings. The van der Waals surface area contributed by atoms with E-state index in [4.69, 9.17) is 4.74 Å². The van der Waals surface area contributed by atoms with E-state index in [-0.39, 0.29) is 16.1 Å². The zero-order chi connectivity index (χ0) is 24.7. The highest BCUT2D eigenvalue weighted by molar-refractivity contribution is 7.92. The maximum atomic E-state index is 13.0. The van der Waals surface area contributed by atoms with Crippen molar-refractivity contribution >= 4 is 39.3 Å². The van der Waals surface area contributed by atoms with Crippen LogP contribution in [0.3, 0.4) is 0 Å².